The Bertz CT molecular complexity index is 380. The van der Waals surface area contributed by atoms with Crippen LogP contribution in [0.15, 0.2) is 22.7 Å². The molecule has 0 bridgehead atoms. The summed E-state index contributed by atoms with van der Waals surface area (Å²) in [7, 11) is 0. The lowest BCUT2D eigenvalue weighted by molar-refractivity contribution is 0.201. The summed E-state index contributed by atoms with van der Waals surface area (Å²) in [6, 6.07) is 6.56. The molecule has 1 aliphatic heterocycles. The summed E-state index contributed by atoms with van der Waals surface area (Å²) >= 11 is 3.46. The summed E-state index contributed by atoms with van der Waals surface area (Å²) in [4.78, 5) is 2.46. The third-order valence-corrected chi connectivity index (χ3v) is 4.03. The van der Waals surface area contributed by atoms with Gasteiger partial charge in [0.1, 0.15) is 5.75 Å². The lowest BCUT2D eigenvalue weighted by atomic mass is 10.1. The molecule has 1 N–H and O–H groups in total. The van der Waals surface area contributed by atoms with E-state index in [0.29, 0.717) is 11.8 Å². The van der Waals surface area contributed by atoms with Crippen LogP contribution in [0.1, 0.15) is 38.3 Å². The van der Waals surface area contributed by atoms with Gasteiger partial charge in [0.05, 0.1) is 0 Å². The maximum absolute atomic E-state index is 9.90. The third kappa shape index (κ3) is 2.25. The number of halogens is 1. The normalized spacial score (nSPS) is 23.6. The van der Waals surface area contributed by atoms with E-state index in [0.717, 1.165) is 16.6 Å². The van der Waals surface area contributed by atoms with Gasteiger partial charge in [0.15, 0.2) is 0 Å². The lowest BCUT2D eigenvalue weighted by Crippen LogP contribution is -2.29. The van der Waals surface area contributed by atoms with Crippen molar-refractivity contribution in [1.82, 2.24) is 4.90 Å². The van der Waals surface area contributed by atoms with Gasteiger partial charge in [-0.2, -0.15) is 0 Å². The monoisotopic (exact) mass is 283 g/mol. The standard InChI is InChI=1S/C13H18BrNO/c1-9-4-3-7-15(9)10(2)12-8-11(14)5-6-13(12)16/h5-6,8-10,16H,3-4,7H2,1-2H3. The number of hydrogen-bond acceptors (Lipinski definition) is 2. The van der Waals surface area contributed by atoms with E-state index < -0.39 is 0 Å². The van der Waals surface area contributed by atoms with Gasteiger partial charge in [-0.25, -0.2) is 0 Å². The first kappa shape index (κ1) is 11.9. The van der Waals surface area contributed by atoms with Crippen molar-refractivity contribution in [3.63, 3.8) is 0 Å². The largest absolute Gasteiger partial charge is 0.508 e. The van der Waals surface area contributed by atoms with Gasteiger partial charge in [-0.05, 0) is 51.4 Å². The maximum atomic E-state index is 9.90. The topological polar surface area (TPSA) is 23.5 Å². The van der Waals surface area contributed by atoms with Crippen molar-refractivity contribution < 1.29 is 5.11 Å². The fraction of sp³-hybridized carbons (Fsp3) is 0.538. The number of phenolic OH excluding ortho intramolecular Hbond substituents is 1. The maximum Gasteiger partial charge on any atom is 0.120 e. The summed E-state index contributed by atoms with van der Waals surface area (Å²) < 4.78 is 1.03. The minimum absolute atomic E-state index is 0.287. The number of hydrogen-bond donors (Lipinski definition) is 1. The fourth-order valence-electron chi connectivity index (χ4n) is 2.57. The van der Waals surface area contributed by atoms with E-state index in [2.05, 4.69) is 34.7 Å². The molecule has 0 saturated carbocycles. The molecular weight excluding hydrogens is 266 g/mol. The molecule has 0 aliphatic carbocycles. The van der Waals surface area contributed by atoms with Crippen LogP contribution >= 0.6 is 15.9 Å². The van der Waals surface area contributed by atoms with E-state index in [-0.39, 0.29) is 6.04 Å². The highest BCUT2D eigenvalue weighted by molar-refractivity contribution is 9.10. The Hall–Kier alpha value is -0.540. The molecule has 1 aliphatic rings. The molecule has 88 valence electrons. The summed E-state index contributed by atoms with van der Waals surface area (Å²) in [5.74, 6) is 0.398. The van der Waals surface area contributed by atoms with Crippen molar-refractivity contribution in [2.75, 3.05) is 6.54 Å². The van der Waals surface area contributed by atoms with Crippen molar-refractivity contribution in [1.29, 1.82) is 0 Å². The molecule has 2 unspecified atom stereocenters. The van der Waals surface area contributed by atoms with Gasteiger partial charge in [0, 0.05) is 22.1 Å². The zero-order valence-electron chi connectivity index (χ0n) is 9.78. The number of phenols is 1. The molecule has 1 aromatic carbocycles. The highest BCUT2D eigenvalue weighted by Crippen LogP contribution is 2.34. The Morgan fingerprint density at radius 2 is 2.25 bits per heavy atom. The van der Waals surface area contributed by atoms with Crippen molar-refractivity contribution >= 4 is 15.9 Å². The Labute approximate surface area is 105 Å². The SMILES string of the molecule is CC1CCCN1C(C)c1cc(Br)ccc1O. The minimum Gasteiger partial charge on any atom is -0.508 e. The van der Waals surface area contributed by atoms with E-state index in [9.17, 15) is 5.11 Å². The van der Waals surface area contributed by atoms with Gasteiger partial charge < -0.3 is 5.11 Å². The number of nitrogens with zero attached hydrogens (tertiary/aromatic N) is 1. The van der Waals surface area contributed by atoms with E-state index in [4.69, 9.17) is 0 Å². The molecule has 0 spiro atoms. The number of benzene rings is 1. The van der Waals surface area contributed by atoms with E-state index in [1.54, 1.807) is 6.07 Å². The van der Waals surface area contributed by atoms with Gasteiger partial charge in [-0.1, -0.05) is 15.9 Å². The van der Waals surface area contributed by atoms with Crippen LogP contribution in [0.4, 0.5) is 0 Å². The number of rotatable bonds is 2. The van der Waals surface area contributed by atoms with Crippen LogP contribution in [0.25, 0.3) is 0 Å². The summed E-state index contributed by atoms with van der Waals surface area (Å²) in [5, 5.41) is 9.90. The average Bonchev–Trinajstić information content (AvgIpc) is 2.67. The quantitative estimate of drug-likeness (QED) is 0.895. The first-order valence-electron chi connectivity index (χ1n) is 5.83. The lowest BCUT2D eigenvalue weighted by Gasteiger charge is -2.29. The smallest absolute Gasteiger partial charge is 0.120 e. The van der Waals surface area contributed by atoms with Gasteiger partial charge in [-0.15, -0.1) is 0 Å². The molecule has 1 aromatic rings. The Morgan fingerprint density at radius 1 is 1.50 bits per heavy atom. The number of aromatic hydroxyl groups is 1. The molecule has 1 saturated heterocycles. The summed E-state index contributed by atoms with van der Waals surface area (Å²) in [6.45, 7) is 5.57. The predicted molar refractivity (Wildman–Crippen MR) is 69.6 cm³/mol. The van der Waals surface area contributed by atoms with Gasteiger partial charge in [-0.3, -0.25) is 4.90 Å². The molecule has 1 heterocycles. The average molecular weight is 284 g/mol. The molecule has 2 nitrogen and oxygen atoms in total. The third-order valence-electron chi connectivity index (χ3n) is 3.54. The van der Waals surface area contributed by atoms with E-state index >= 15 is 0 Å². The molecular formula is C13H18BrNO. The molecule has 16 heavy (non-hydrogen) atoms. The van der Waals surface area contributed by atoms with Crippen LogP contribution in [0.5, 0.6) is 5.75 Å². The minimum atomic E-state index is 0.287. The van der Waals surface area contributed by atoms with Crippen molar-refractivity contribution in [2.24, 2.45) is 0 Å². The van der Waals surface area contributed by atoms with Crippen LogP contribution in [-0.4, -0.2) is 22.6 Å². The van der Waals surface area contributed by atoms with Crippen LogP contribution < -0.4 is 0 Å². The van der Waals surface area contributed by atoms with Crippen LogP contribution in [-0.2, 0) is 0 Å². The first-order chi connectivity index (χ1) is 7.59. The Balaban J connectivity index is 2.25. The predicted octanol–water partition coefficient (Wildman–Crippen LogP) is 3.70. The van der Waals surface area contributed by atoms with Crippen molar-refractivity contribution in [2.45, 2.75) is 38.8 Å². The second kappa shape index (κ2) is 4.76. The van der Waals surface area contributed by atoms with Gasteiger partial charge in [0.25, 0.3) is 0 Å². The molecule has 0 aromatic heterocycles. The van der Waals surface area contributed by atoms with E-state index in [1.165, 1.54) is 12.8 Å². The summed E-state index contributed by atoms with van der Waals surface area (Å²) in [6.07, 6.45) is 2.53. The first-order valence-corrected chi connectivity index (χ1v) is 6.63. The van der Waals surface area contributed by atoms with Crippen molar-refractivity contribution in [3.8, 4) is 5.75 Å². The molecule has 1 fully saturated rings. The highest BCUT2D eigenvalue weighted by Gasteiger charge is 2.27. The molecule has 0 radical (unpaired) electrons. The molecule has 2 rings (SSSR count). The van der Waals surface area contributed by atoms with Gasteiger partial charge in [0.2, 0.25) is 0 Å². The highest BCUT2D eigenvalue weighted by atomic mass is 79.9. The Kier molecular flexibility index (Phi) is 3.55. The molecule has 3 heteroatoms. The molecule has 0 amide bonds. The zero-order chi connectivity index (χ0) is 11.7. The van der Waals surface area contributed by atoms with Gasteiger partial charge >= 0.3 is 0 Å². The fourth-order valence-corrected chi connectivity index (χ4v) is 2.95. The number of likely N-dealkylation sites (tertiary alicyclic amines) is 1. The van der Waals surface area contributed by atoms with E-state index in [1.807, 2.05) is 12.1 Å². The second-order valence-corrected chi connectivity index (χ2v) is 5.52. The molecule has 2 atom stereocenters. The van der Waals surface area contributed by atoms with Crippen molar-refractivity contribution in [3.05, 3.63) is 28.2 Å². The zero-order valence-corrected chi connectivity index (χ0v) is 11.4. The second-order valence-electron chi connectivity index (χ2n) is 4.61. The van der Waals surface area contributed by atoms with Crippen LogP contribution in [0, 0.1) is 0 Å². The Morgan fingerprint density at radius 3 is 2.88 bits per heavy atom. The van der Waals surface area contributed by atoms with Crippen LogP contribution in [0.2, 0.25) is 0 Å². The summed E-state index contributed by atoms with van der Waals surface area (Å²) in [5.41, 5.74) is 1.02. The van der Waals surface area contributed by atoms with Crippen LogP contribution in [0.3, 0.4) is 0 Å².